The van der Waals surface area contributed by atoms with Gasteiger partial charge in [-0.2, -0.15) is 5.10 Å². The zero-order chi connectivity index (χ0) is 12.4. The third-order valence-electron chi connectivity index (χ3n) is 2.58. The van der Waals surface area contributed by atoms with E-state index < -0.39 is 0 Å². The predicted octanol–water partition coefficient (Wildman–Crippen LogP) is 2.21. The quantitative estimate of drug-likeness (QED) is 0.719. The second kappa shape index (κ2) is 4.29. The van der Waals surface area contributed by atoms with Crippen molar-refractivity contribution in [2.45, 2.75) is 0 Å². The molecule has 0 saturated carbocycles. The molecule has 88 valence electrons. The number of H-pyrrole nitrogens is 1. The van der Waals surface area contributed by atoms with Gasteiger partial charge in [0.1, 0.15) is 5.52 Å². The topological polar surface area (TPSA) is 70.7 Å². The first-order valence-corrected chi connectivity index (χ1v) is 5.48. The second-order valence-corrected chi connectivity index (χ2v) is 3.85. The van der Waals surface area contributed by atoms with E-state index >= 15 is 0 Å². The highest BCUT2D eigenvalue weighted by molar-refractivity contribution is 6.04. The van der Waals surface area contributed by atoms with Gasteiger partial charge in [0, 0.05) is 5.56 Å². The Labute approximate surface area is 103 Å². The van der Waals surface area contributed by atoms with Crippen molar-refractivity contribution < 1.29 is 4.79 Å². The lowest BCUT2D eigenvalue weighted by atomic mass is 10.2. The molecule has 0 unspecified atom stereocenters. The largest absolute Gasteiger partial charge is 0.321 e. The number of aromatic amines is 1. The van der Waals surface area contributed by atoms with Crippen LogP contribution in [0.3, 0.4) is 0 Å². The molecule has 18 heavy (non-hydrogen) atoms. The molecule has 2 N–H and O–H groups in total. The van der Waals surface area contributed by atoms with Crippen LogP contribution in [0.4, 0.5) is 5.69 Å². The molecule has 2 heterocycles. The molecule has 0 fully saturated rings. The number of nitrogens with zero attached hydrogens (tertiary/aromatic N) is 2. The molecule has 0 atom stereocenters. The molecule has 0 aliphatic rings. The van der Waals surface area contributed by atoms with Gasteiger partial charge in [-0.1, -0.05) is 18.2 Å². The Hall–Kier alpha value is -2.69. The number of rotatable bonds is 2. The van der Waals surface area contributed by atoms with Crippen LogP contribution in [-0.4, -0.2) is 21.1 Å². The van der Waals surface area contributed by atoms with Crippen LogP contribution in [0, 0.1) is 0 Å². The zero-order valence-corrected chi connectivity index (χ0v) is 9.42. The number of aromatic nitrogens is 3. The van der Waals surface area contributed by atoms with E-state index in [4.69, 9.17) is 0 Å². The number of anilines is 1. The van der Waals surface area contributed by atoms with Crippen molar-refractivity contribution >= 4 is 22.6 Å². The Morgan fingerprint density at radius 3 is 2.83 bits per heavy atom. The summed E-state index contributed by atoms with van der Waals surface area (Å²) in [6.07, 6.45) is 3.25. The predicted molar refractivity (Wildman–Crippen MR) is 68.3 cm³/mol. The number of nitrogens with one attached hydrogen (secondary N) is 2. The maximum Gasteiger partial charge on any atom is 0.255 e. The molecule has 0 aliphatic heterocycles. The summed E-state index contributed by atoms with van der Waals surface area (Å²) in [7, 11) is 0. The lowest BCUT2D eigenvalue weighted by Crippen LogP contribution is -2.11. The molecule has 0 bridgehead atoms. The summed E-state index contributed by atoms with van der Waals surface area (Å²) in [6.45, 7) is 0. The first-order chi connectivity index (χ1) is 8.83. The van der Waals surface area contributed by atoms with Gasteiger partial charge in [0.05, 0.1) is 23.6 Å². The summed E-state index contributed by atoms with van der Waals surface area (Å²) >= 11 is 0. The molecular formula is C13H10N4O. The summed E-state index contributed by atoms with van der Waals surface area (Å²) in [6, 6.07) is 10.8. The Bertz CT molecular complexity index is 690. The van der Waals surface area contributed by atoms with E-state index in [0.29, 0.717) is 11.3 Å². The maximum absolute atomic E-state index is 11.9. The third kappa shape index (κ3) is 1.93. The van der Waals surface area contributed by atoms with Crippen molar-refractivity contribution in [1.29, 1.82) is 0 Å². The number of hydrogen-bond donors (Lipinski definition) is 2. The van der Waals surface area contributed by atoms with E-state index in [1.54, 1.807) is 30.6 Å². The summed E-state index contributed by atoms with van der Waals surface area (Å²) in [5.41, 5.74) is 2.82. The van der Waals surface area contributed by atoms with Crippen LogP contribution in [0.5, 0.6) is 0 Å². The molecule has 5 heteroatoms. The first kappa shape index (κ1) is 10.5. The minimum Gasteiger partial charge on any atom is -0.321 e. The van der Waals surface area contributed by atoms with Crippen LogP contribution in [0.2, 0.25) is 0 Å². The van der Waals surface area contributed by atoms with E-state index in [-0.39, 0.29) is 5.91 Å². The summed E-state index contributed by atoms with van der Waals surface area (Å²) in [5, 5.41) is 9.48. The molecule has 1 amide bonds. The lowest BCUT2D eigenvalue weighted by Gasteiger charge is -2.04. The fraction of sp³-hybridized carbons (Fsp3) is 0. The van der Waals surface area contributed by atoms with Crippen molar-refractivity contribution in [3.63, 3.8) is 0 Å². The number of pyridine rings is 1. The average Bonchev–Trinajstić information content (AvgIpc) is 2.87. The molecule has 0 aliphatic carbocycles. The highest BCUT2D eigenvalue weighted by Crippen LogP contribution is 2.14. The van der Waals surface area contributed by atoms with Gasteiger partial charge >= 0.3 is 0 Å². The SMILES string of the molecule is O=C(Nc1cnc2cn[nH]c2c1)c1ccccc1. The van der Waals surface area contributed by atoms with E-state index in [0.717, 1.165) is 11.0 Å². The Morgan fingerprint density at radius 2 is 2.00 bits per heavy atom. The van der Waals surface area contributed by atoms with Crippen molar-refractivity contribution in [2.75, 3.05) is 5.32 Å². The lowest BCUT2D eigenvalue weighted by molar-refractivity contribution is 0.102. The molecule has 0 saturated heterocycles. The van der Waals surface area contributed by atoms with Crippen LogP contribution in [0.25, 0.3) is 11.0 Å². The number of benzene rings is 1. The monoisotopic (exact) mass is 238 g/mol. The summed E-state index contributed by atoms with van der Waals surface area (Å²) in [4.78, 5) is 16.1. The van der Waals surface area contributed by atoms with Crippen molar-refractivity contribution in [3.8, 4) is 0 Å². The van der Waals surface area contributed by atoms with Crippen LogP contribution in [0.1, 0.15) is 10.4 Å². The van der Waals surface area contributed by atoms with Gasteiger partial charge in [0.25, 0.3) is 5.91 Å². The van der Waals surface area contributed by atoms with Gasteiger partial charge in [0.2, 0.25) is 0 Å². The van der Waals surface area contributed by atoms with Gasteiger partial charge in [-0.3, -0.25) is 14.9 Å². The summed E-state index contributed by atoms with van der Waals surface area (Å²) < 4.78 is 0. The number of carbonyl (C=O) groups excluding carboxylic acids is 1. The molecule has 2 aromatic heterocycles. The summed E-state index contributed by atoms with van der Waals surface area (Å²) in [5.74, 6) is -0.156. The van der Waals surface area contributed by atoms with Gasteiger partial charge < -0.3 is 5.32 Å². The second-order valence-electron chi connectivity index (χ2n) is 3.85. The van der Waals surface area contributed by atoms with E-state index in [2.05, 4.69) is 20.5 Å². The van der Waals surface area contributed by atoms with Crippen LogP contribution < -0.4 is 5.32 Å². The molecule has 3 aromatic rings. The molecular weight excluding hydrogens is 228 g/mol. The highest BCUT2D eigenvalue weighted by atomic mass is 16.1. The Kier molecular flexibility index (Phi) is 2.49. The number of fused-ring (bicyclic) bond motifs is 1. The number of carbonyl (C=O) groups is 1. The molecule has 5 nitrogen and oxygen atoms in total. The molecule has 0 spiro atoms. The third-order valence-corrected chi connectivity index (χ3v) is 2.58. The fourth-order valence-electron chi connectivity index (χ4n) is 1.69. The molecule has 0 radical (unpaired) electrons. The minimum absolute atomic E-state index is 0.156. The van der Waals surface area contributed by atoms with E-state index in [1.807, 2.05) is 18.2 Å². The van der Waals surface area contributed by atoms with Crippen LogP contribution in [-0.2, 0) is 0 Å². The molecule has 1 aromatic carbocycles. The number of amides is 1. The smallest absolute Gasteiger partial charge is 0.255 e. The van der Waals surface area contributed by atoms with Gasteiger partial charge in [-0.05, 0) is 18.2 Å². The van der Waals surface area contributed by atoms with Gasteiger partial charge in [-0.25, -0.2) is 0 Å². The average molecular weight is 238 g/mol. The number of hydrogen-bond acceptors (Lipinski definition) is 3. The van der Waals surface area contributed by atoms with Gasteiger partial charge in [0.15, 0.2) is 0 Å². The standard InChI is InChI=1S/C13H10N4O/c18-13(9-4-2-1-3-5-9)16-10-6-11-12(14-7-10)8-15-17-11/h1-8H,(H,15,17)(H,16,18). The van der Waals surface area contributed by atoms with Gasteiger partial charge in [-0.15, -0.1) is 0 Å². The minimum atomic E-state index is -0.156. The van der Waals surface area contributed by atoms with Crippen LogP contribution >= 0.6 is 0 Å². The fourth-order valence-corrected chi connectivity index (χ4v) is 1.69. The zero-order valence-electron chi connectivity index (χ0n) is 9.42. The van der Waals surface area contributed by atoms with Crippen LogP contribution in [0.15, 0.2) is 48.8 Å². The van der Waals surface area contributed by atoms with Crippen molar-refractivity contribution in [3.05, 3.63) is 54.4 Å². The molecule has 3 rings (SSSR count). The maximum atomic E-state index is 11.9. The Balaban J connectivity index is 1.86. The van der Waals surface area contributed by atoms with E-state index in [1.165, 1.54) is 0 Å². The van der Waals surface area contributed by atoms with Crippen molar-refractivity contribution in [1.82, 2.24) is 15.2 Å². The van der Waals surface area contributed by atoms with E-state index in [9.17, 15) is 4.79 Å². The first-order valence-electron chi connectivity index (χ1n) is 5.48. The Morgan fingerprint density at radius 1 is 1.17 bits per heavy atom. The normalized spacial score (nSPS) is 10.4. The van der Waals surface area contributed by atoms with Crippen molar-refractivity contribution in [2.24, 2.45) is 0 Å². The highest BCUT2D eigenvalue weighted by Gasteiger charge is 2.06.